The monoisotopic (exact) mass is 318 g/mol. The minimum absolute atomic E-state index is 0.125. The molecular formula is C17H26N4O2. The zero-order valence-corrected chi connectivity index (χ0v) is 13.8. The lowest BCUT2D eigenvalue weighted by Gasteiger charge is -2.18. The van der Waals surface area contributed by atoms with Gasteiger partial charge < -0.3 is 21.7 Å². The Kier molecular flexibility index (Phi) is 5.98. The topological polar surface area (TPSA) is 96.2 Å². The van der Waals surface area contributed by atoms with Crippen LogP contribution in [0, 0.1) is 0 Å². The van der Waals surface area contributed by atoms with Crippen LogP contribution in [0.5, 0.6) is 0 Å². The normalized spacial score (nSPS) is 16.3. The standard InChI is InChI=1S/C17H26N4O2/c1-3-4-15(18)16(22)19-11(2)12-5-7-13(8-6-12)20-17(23)21-14-9-10-14/h5-8,11,14-15H,3-4,9-10,18H2,1-2H3,(H,19,22)(H2,20,21,23). The summed E-state index contributed by atoms with van der Waals surface area (Å²) in [6, 6.07) is 7.01. The van der Waals surface area contributed by atoms with Crippen LogP contribution in [0.2, 0.25) is 0 Å². The molecule has 0 heterocycles. The Labute approximate surface area is 137 Å². The number of rotatable bonds is 7. The molecule has 23 heavy (non-hydrogen) atoms. The number of carbonyl (C=O) groups excluding carboxylic acids is 2. The molecule has 0 bridgehead atoms. The number of amides is 3. The van der Waals surface area contributed by atoms with E-state index in [0.29, 0.717) is 12.5 Å². The molecule has 3 amide bonds. The molecular weight excluding hydrogens is 292 g/mol. The minimum Gasteiger partial charge on any atom is -0.348 e. The fraction of sp³-hybridized carbons (Fsp3) is 0.529. The molecule has 1 saturated carbocycles. The van der Waals surface area contributed by atoms with E-state index in [1.165, 1.54) is 0 Å². The van der Waals surface area contributed by atoms with Crippen molar-refractivity contribution in [2.24, 2.45) is 5.73 Å². The summed E-state index contributed by atoms with van der Waals surface area (Å²) in [5.41, 5.74) is 7.51. The highest BCUT2D eigenvalue weighted by Gasteiger charge is 2.23. The zero-order chi connectivity index (χ0) is 16.8. The molecule has 0 spiro atoms. The predicted molar refractivity (Wildman–Crippen MR) is 91.1 cm³/mol. The summed E-state index contributed by atoms with van der Waals surface area (Å²) in [4.78, 5) is 23.6. The van der Waals surface area contributed by atoms with Gasteiger partial charge in [0.05, 0.1) is 12.1 Å². The first-order valence-corrected chi connectivity index (χ1v) is 8.23. The summed E-state index contributed by atoms with van der Waals surface area (Å²) >= 11 is 0. The van der Waals surface area contributed by atoms with Crippen LogP contribution in [0.3, 0.4) is 0 Å². The molecule has 1 aromatic rings. The maximum atomic E-state index is 11.9. The van der Waals surface area contributed by atoms with Gasteiger partial charge >= 0.3 is 6.03 Å². The number of hydrogen-bond donors (Lipinski definition) is 4. The van der Waals surface area contributed by atoms with Gasteiger partial charge in [-0.25, -0.2) is 4.79 Å². The van der Waals surface area contributed by atoms with E-state index in [9.17, 15) is 9.59 Å². The molecule has 2 rings (SSSR count). The number of carbonyl (C=O) groups is 2. The van der Waals surface area contributed by atoms with Crippen molar-refractivity contribution in [3.63, 3.8) is 0 Å². The Morgan fingerprint density at radius 1 is 1.26 bits per heavy atom. The van der Waals surface area contributed by atoms with Gasteiger partial charge in [-0.3, -0.25) is 4.79 Å². The molecule has 6 heteroatoms. The van der Waals surface area contributed by atoms with Gasteiger partial charge in [0, 0.05) is 11.7 Å². The van der Waals surface area contributed by atoms with E-state index in [-0.39, 0.29) is 18.0 Å². The summed E-state index contributed by atoms with van der Waals surface area (Å²) in [5.74, 6) is -0.134. The predicted octanol–water partition coefficient (Wildman–Crippen LogP) is 2.28. The van der Waals surface area contributed by atoms with Gasteiger partial charge in [0.2, 0.25) is 5.91 Å². The van der Waals surface area contributed by atoms with Gasteiger partial charge in [0.25, 0.3) is 0 Å². The lowest BCUT2D eigenvalue weighted by molar-refractivity contribution is -0.123. The van der Waals surface area contributed by atoms with E-state index in [4.69, 9.17) is 5.73 Å². The van der Waals surface area contributed by atoms with E-state index in [1.807, 2.05) is 38.1 Å². The average molecular weight is 318 g/mol. The van der Waals surface area contributed by atoms with Gasteiger partial charge in [-0.1, -0.05) is 25.5 Å². The van der Waals surface area contributed by atoms with Crippen LogP contribution in [0.1, 0.15) is 51.1 Å². The number of nitrogens with two attached hydrogens (primary N) is 1. The molecule has 1 aromatic carbocycles. The third kappa shape index (κ3) is 5.56. The molecule has 2 unspecified atom stereocenters. The Hall–Kier alpha value is -2.08. The van der Waals surface area contributed by atoms with Crippen molar-refractivity contribution in [1.82, 2.24) is 10.6 Å². The van der Waals surface area contributed by atoms with Crippen molar-refractivity contribution in [2.75, 3.05) is 5.32 Å². The zero-order valence-electron chi connectivity index (χ0n) is 13.8. The summed E-state index contributed by atoms with van der Waals surface area (Å²) in [6.07, 6.45) is 3.68. The minimum atomic E-state index is -0.463. The largest absolute Gasteiger partial charge is 0.348 e. The van der Waals surface area contributed by atoms with Crippen molar-refractivity contribution in [3.05, 3.63) is 29.8 Å². The van der Waals surface area contributed by atoms with Gasteiger partial charge in [0.15, 0.2) is 0 Å². The Morgan fingerprint density at radius 3 is 2.48 bits per heavy atom. The van der Waals surface area contributed by atoms with E-state index in [1.54, 1.807) is 0 Å². The molecule has 6 nitrogen and oxygen atoms in total. The van der Waals surface area contributed by atoms with Crippen molar-refractivity contribution in [3.8, 4) is 0 Å². The van der Waals surface area contributed by atoms with Crippen LogP contribution in [0.15, 0.2) is 24.3 Å². The number of anilines is 1. The molecule has 1 aliphatic carbocycles. The second-order valence-corrected chi connectivity index (χ2v) is 6.12. The quantitative estimate of drug-likeness (QED) is 0.621. The molecule has 1 aliphatic rings. The second kappa shape index (κ2) is 7.97. The number of nitrogens with one attached hydrogen (secondary N) is 3. The van der Waals surface area contributed by atoms with Gasteiger partial charge in [-0.05, 0) is 43.9 Å². The SMILES string of the molecule is CCCC(N)C(=O)NC(C)c1ccc(NC(=O)NC2CC2)cc1. The lowest BCUT2D eigenvalue weighted by Crippen LogP contribution is -2.41. The first kappa shape index (κ1) is 17.3. The smallest absolute Gasteiger partial charge is 0.319 e. The first-order chi connectivity index (χ1) is 11.0. The van der Waals surface area contributed by atoms with E-state index in [2.05, 4.69) is 16.0 Å². The van der Waals surface area contributed by atoms with Crippen LogP contribution in [0.4, 0.5) is 10.5 Å². The molecule has 0 saturated heterocycles. The highest BCUT2D eigenvalue weighted by Crippen LogP contribution is 2.19. The summed E-state index contributed by atoms with van der Waals surface area (Å²) in [7, 11) is 0. The number of hydrogen-bond acceptors (Lipinski definition) is 3. The summed E-state index contributed by atoms with van der Waals surface area (Å²) in [6.45, 7) is 3.92. The van der Waals surface area contributed by atoms with Crippen LogP contribution >= 0.6 is 0 Å². The maximum absolute atomic E-state index is 11.9. The van der Waals surface area contributed by atoms with E-state index < -0.39 is 6.04 Å². The molecule has 126 valence electrons. The lowest BCUT2D eigenvalue weighted by atomic mass is 10.1. The van der Waals surface area contributed by atoms with E-state index >= 15 is 0 Å². The van der Waals surface area contributed by atoms with Crippen molar-refractivity contribution < 1.29 is 9.59 Å². The Bertz CT molecular complexity index is 540. The van der Waals surface area contributed by atoms with Crippen LogP contribution < -0.4 is 21.7 Å². The number of urea groups is 1. The van der Waals surface area contributed by atoms with Gasteiger partial charge in [-0.15, -0.1) is 0 Å². The highest BCUT2D eigenvalue weighted by molar-refractivity contribution is 5.89. The maximum Gasteiger partial charge on any atom is 0.319 e. The average Bonchev–Trinajstić information content (AvgIpc) is 3.31. The fourth-order valence-electron chi connectivity index (χ4n) is 2.28. The summed E-state index contributed by atoms with van der Waals surface area (Å²) < 4.78 is 0. The summed E-state index contributed by atoms with van der Waals surface area (Å²) in [5, 5.41) is 8.58. The van der Waals surface area contributed by atoms with Gasteiger partial charge in [-0.2, -0.15) is 0 Å². The third-order valence-electron chi connectivity index (χ3n) is 3.88. The van der Waals surface area contributed by atoms with Crippen molar-refractivity contribution in [1.29, 1.82) is 0 Å². The van der Waals surface area contributed by atoms with E-state index in [0.717, 1.165) is 30.5 Å². The highest BCUT2D eigenvalue weighted by atomic mass is 16.2. The van der Waals surface area contributed by atoms with Crippen molar-refractivity contribution >= 4 is 17.6 Å². The van der Waals surface area contributed by atoms with Crippen LogP contribution in [-0.2, 0) is 4.79 Å². The van der Waals surface area contributed by atoms with Gasteiger partial charge in [0.1, 0.15) is 0 Å². The molecule has 2 atom stereocenters. The molecule has 0 aliphatic heterocycles. The Morgan fingerprint density at radius 2 is 1.91 bits per heavy atom. The molecule has 0 radical (unpaired) electrons. The molecule has 5 N–H and O–H groups in total. The van der Waals surface area contributed by atoms with Crippen LogP contribution in [0.25, 0.3) is 0 Å². The first-order valence-electron chi connectivity index (χ1n) is 8.23. The third-order valence-corrected chi connectivity index (χ3v) is 3.88. The Balaban J connectivity index is 1.85. The van der Waals surface area contributed by atoms with Crippen LogP contribution in [-0.4, -0.2) is 24.0 Å². The second-order valence-electron chi connectivity index (χ2n) is 6.12. The number of benzene rings is 1. The molecule has 1 fully saturated rings. The molecule has 0 aromatic heterocycles. The van der Waals surface area contributed by atoms with Crippen molar-refractivity contribution in [2.45, 2.75) is 57.7 Å². The fourth-order valence-corrected chi connectivity index (χ4v) is 2.28.